The molecule has 0 saturated carbocycles. The fourth-order valence-corrected chi connectivity index (χ4v) is 7.55. The molecule has 1 aliphatic rings. The molecular formula is C17H38N2O2Si. The van der Waals surface area contributed by atoms with Crippen molar-refractivity contribution in [3.8, 4) is 0 Å². The van der Waals surface area contributed by atoms with Gasteiger partial charge in [-0.1, -0.05) is 45.4 Å². The minimum Gasteiger partial charge on any atom is -0.394 e. The van der Waals surface area contributed by atoms with E-state index in [1.165, 1.54) is 38.5 Å². The number of unbranched alkanes of at least 4 members (excludes halogenated alkanes) is 5. The standard InChI is InChI=1S/C17H38N2O2Si/c1-5-8-9-10-11-12-15-22(20-6-2,21-7-3)17-16-18-13-14-19(17)4/h17-18H,5-16H2,1-4H3. The molecule has 1 atom stereocenters. The van der Waals surface area contributed by atoms with Crippen molar-refractivity contribution >= 4 is 8.56 Å². The van der Waals surface area contributed by atoms with Crippen LogP contribution in [0.4, 0.5) is 0 Å². The second-order valence-corrected chi connectivity index (χ2v) is 9.76. The lowest BCUT2D eigenvalue weighted by Gasteiger charge is -2.44. The van der Waals surface area contributed by atoms with E-state index in [4.69, 9.17) is 8.85 Å². The zero-order valence-corrected chi connectivity index (χ0v) is 16.3. The van der Waals surface area contributed by atoms with Crippen LogP contribution in [-0.2, 0) is 8.85 Å². The molecule has 5 heteroatoms. The Hall–Kier alpha value is 0.0569. The maximum absolute atomic E-state index is 6.34. The van der Waals surface area contributed by atoms with E-state index in [9.17, 15) is 0 Å². The van der Waals surface area contributed by atoms with E-state index in [1.807, 2.05) is 0 Å². The summed E-state index contributed by atoms with van der Waals surface area (Å²) in [5.74, 6) is 0. The topological polar surface area (TPSA) is 33.7 Å². The Labute approximate surface area is 139 Å². The molecule has 4 nitrogen and oxygen atoms in total. The van der Waals surface area contributed by atoms with Gasteiger partial charge in [0, 0.05) is 32.8 Å². The Morgan fingerprint density at radius 2 is 1.64 bits per heavy atom. The van der Waals surface area contributed by atoms with Crippen molar-refractivity contribution in [3.63, 3.8) is 0 Å². The maximum atomic E-state index is 6.34. The number of piperazine rings is 1. The molecule has 0 amide bonds. The fourth-order valence-electron chi connectivity index (χ4n) is 3.48. The highest BCUT2D eigenvalue weighted by molar-refractivity contribution is 6.69. The van der Waals surface area contributed by atoms with Crippen molar-refractivity contribution in [2.45, 2.75) is 71.0 Å². The Morgan fingerprint density at radius 3 is 2.23 bits per heavy atom. The highest BCUT2D eigenvalue weighted by atomic mass is 28.4. The number of nitrogens with zero attached hydrogens (tertiary/aromatic N) is 1. The van der Waals surface area contributed by atoms with Crippen LogP contribution in [0.25, 0.3) is 0 Å². The summed E-state index contributed by atoms with van der Waals surface area (Å²) in [6.07, 6.45) is 7.98. The summed E-state index contributed by atoms with van der Waals surface area (Å²) in [4.78, 5) is 2.46. The van der Waals surface area contributed by atoms with Crippen LogP contribution in [0, 0.1) is 0 Å². The van der Waals surface area contributed by atoms with E-state index in [2.05, 4.69) is 38.0 Å². The van der Waals surface area contributed by atoms with Crippen LogP contribution in [0.3, 0.4) is 0 Å². The lowest BCUT2D eigenvalue weighted by Crippen LogP contribution is -2.66. The summed E-state index contributed by atoms with van der Waals surface area (Å²) < 4.78 is 12.7. The Bertz CT molecular complexity index is 273. The van der Waals surface area contributed by atoms with E-state index in [1.54, 1.807) is 0 Å². The van der Waals surface area contributed by atoms with Gasteiger partial charge in [-0.3, -0.25) is 4.90 Å². The van der Waals surface area contributed by atoms with Gasteiger partial charge >= 0.3 is 8.56 Å². The SMILES string of the molecule is CCCCCCCC[Si](OCC)(OCC)C1CNCCN1C. The molecule has 1 rings (SSSR count). The van der Waals surface area contributed by atoms with E-state index >= 15 is 0 Å². The van der Waals surface area contributed by atoms with Crippen molar-refractivity contribution in [1.29, 1.82) is 0 Å². The summed E-state index contributed by atoms with van der Waals surface area (Å²) in [6, 6.07) is 1.14. The summed E-state index contributed by atoms with van der Waals surface area (Å²) in [5.41, 5.74) is 0.441. The Kier molecular flexibility index (Phi) is 10.6. The van der Waals surface area contributed by atoms with E-state index in [-0.39, 0.29) is 0 Å². The summed E-state index contributed by atoms with van der Waals surface area (Å²) in [6.45, 7) is 11.2. The molecule has 1 fully saturated rings. The minimum absolute atomic E-state index is 0.441. The van der Waals surface area contributed by atoms with Crippen LogP contribution >= 0.6 is 0 Å². The van der Waals surface area contributed by atoms with Crippen LogP contribution in [0.2, 0.25) is 6.04 Å². The van der Waals surface area contributed by atoms with Crippen molar-refractivity contribution in [2.24, 2.45) is 0 Å². The van der Waals surface area contributed by atoms with Gasteiger partial charge in [-0.15, -0.1) is 0 Å². The normalized spacial score (nSPS) is 20.5. The molecular weight excluding hydrogens is 292 g/mol. The Balaban J connectivity index is 2.59. The maximum Gasteiger partial charge on any atom is 0.357 e. The second-order valence-electron chi connectivity index (χ2n) is 6.40. The molecule has 132 valence electrons. The number of likely N-dealkylation sites (N-methyl/N-ethyl adjacent to an activating group) is 1. The molecule has 0 bridgehead atoms. The van der Waals surface area contributed by atoms with Crippen molar-refractivity contribution in [1.82, 2.24) is 10.2 Å². The van der Waals surface area contributed by atoms with Crippen LogP contribution < -0.4 is 5.32 Å². The molecule has 0 aliphatic carbocycles. The third kappa shape index (κ3) is 6.28. The molecule has 0 aromatic heterocycles. The van der Waals surface area contributed by atoms with Crippen LogP contribution in [0.5, 0.6) is 0 Å². The van der Waals surface area contributed by atoms with E-state index in [0.29, 0.717) is 5.67 Å². The largest absolute Gasteiger partial charge is 0.394 e. The van der Waals surface area contributed by atoms with Gasteiger partial charge < -0.3 is 14.2 Å². The second kappa shape index (κ2) is 11.6. The molecule has 0 aromatic carbocycles. The Morgan fingerprint density at radius 1 is 1.00 bits per heavy atom. The van der Waals surface area contributed by atoms with E-state index < -0.39 is 8.56 Å². The number of hydrogen-bond acceptors (Lipinski definition) is 4. The van der Waals surface area contributed by atoms with Gasteiger partial charge in [0.2, 0.25) is 0 Å². The van der Waals surface area contributed by atoms with Crippen LogP contribution in [0.1, 0.15) is 59.3 Å². The highest BCUT2D eigenvalue weighted by Crippen LogP contribution is 2.26. The smallest absolute Gasteiger partial charge is 0.357 e. The van der Waals surface area contributed by atoms with Gasteiger partial charge in [0.25, 0.3) is 0 Å². The molecule has 1 unspecified atom stereocenters. The zero-order chi connectivity index (χ0) is 16.3. The first-order valence-electron chi connectivity index (χ1n) is 9.39. The molecule has 0 radical (unpaired) electrons. The number of nitrogens with one attached hydrogen (secondary N) is 1. The highest BCUT2D eigenvalue weighted by Gasteiger charge is 2.47. The van der Waals surface area contributed by atoms with Gasteiger partial charge in [-0.25, -0.2) is 0 Å². The quantitative estimate of drug-likeness (QED) is 0.440. The number of hydrogen-bond donors (Lipinski definition) is 1. The zero-order valence-electron chi connectivity index (χ0n) is 15.3. The average molecular weight is 331 g/mol. The van der Waals surface area contributed by atoms with Crippen LogP contribution in [-0.4, -0.2) is 59.0 Å². The van der Waals surface area contributed by atoms with Gasteiger partial charge in [-0.2, -0.15) is 0 Å². The molecule has 1 saturated heterocycles. The number of rotatable bonds is 12. The molecule has 1 heterocycles. The minimum atomic E-state index is -2.16. The van der Waals surface area contributed by atoms with Gasteiger partial charge in [-0.05, 0) is 26.9 Å². The summed E-state index contributed by atoms with van der Waals surface area (Å²) in [7, 11) is 0.0659. The van der Waals surface area contributed by atoms with Crippen LogP contribution in [0.15, 0.2) is 0 Å². The molecule has 1 N–H and O–H groups in total. The predicted octanol–water partition coefficient (Wildman–Crippen LogP) is 3.30. The van der Waals surface area contributed by atoms with Crippen molar-refractivity contribution in [3.05, 3.63) is 0 Å². The first-order valence-corrected chi connectivity index (χ1v) is 11.5. The molecule has 22 heavy (non-hydrogen) atoms. The third-order valence-corrected chi connectivity index (χ3v) is 8.94. The van der Waals surface area contributed by atoms with Gasteiger partial charge in [0.1, 0.15) is 0 Å². The van der Waals surface area contributed by atoms with E-state index in [0.717, 1.165) is 38.9 Å². The summed E-state index contributed by atoms with van der Waals surface area (Å²) >= 11 is 0. The first kappa shape index (κ1) is 20.1. The van der Waals surface area contributed by atoms with Crippen molar-refractivity contribution in [2.75, 3.05) is 39.9 Å². The monoisotopic (exact) mass is 330 g/mol. The lowest BCUT2D eigenvalue weighted by atomic mass is 10.1. The molecule has 0 spiro atoms. The molecule has 1 aliphatic heterocycles. The van der Waals surface area contributed by atoms with Gasteiger partial charge in [0.15, 0.2) is 0 Å². The summed E-state index contributed by atoms with van der Waals surface area (Å²) in [5, 5.41) is 3.54. The molecule has 0 aromatic rings. The van der Waals surface area contributed by atoms with Gasteiger partial charge in [0.05, 0.1) is 5.67 Å². The third-order valence-electron chi connectivity index (χ3n) is 4.67. The first-order chi connectivity index (χ1) is 10.7. The predicted molar refractivity (Wildman–Crippen MR) is 96.5 cm³/mol. The lowest BCUT2D eigenvalue weighted by molar-refractivity contribution is 0.125. The van der Waals surface area contributed by atoms with Crippen molar-refractivity contribution < 1.29 is 8.85 Å². The fraction of sp³-hybridized carbons (Fsp3) is 1.00. The average Bonchev–Trinajstić information content (AvgIpc) is 2.51.